The average molecular weight is 286 g/mol. The molecule has 0 radical (unpaired) electrons. The zero-order valence-corrected chi connectivity index (χ0v) is 12.7. The monoisotopic (exact) mass is 286 g/mol. The molecule has 1 amide bonds. The molecule has 2 aromatic heterocycles. The lowest BCUT2D eigenvalue weighted by atomic mass is 10.1. The van der Waals surface area contributed by atoms with E-state index >= 15 is 0 Å². The van der Waals surface area contributed by atoms with Gasteiger partial charge in [-0.1, -0.05) is 13.8 Å². The van der Waals surface area contributed by atoms with Gasteiger partial charge in [0.25, 0.3) is 5.91 Å². The molecule has 0 fully saturated rings. The highest BCUT2D eigenvalue weighted by molar-refractivity contribution is 6.04. The van der Waals surface area contributed by atoms with Crippen molar-refractivity contribution < 1.29 is 4.79 Å². The molecule has 0 aliphatic rings. The lowest BCUT2D eigenvalue weighted by Gasteiger charge is -2.17. The SMILES string of the molecule is CCN(CC)CCCNC(=O)c1cncc2cccnc12. The number of aromatic nitrogens is 2. The first-order valence-electron chi connectivity index (χ1n) is 7.45. The van der Waals surface area contributed by atoms with Crippen LogP contribution in [-0.2, 0) is 0 Å². The minimum absolute atomic E-state index is 0.105. The van der Waals surface area contributed by atoms with Gasteiger partial charge in [-0.05, 0) is 38.2 Å². The Morgan fingerprint density at radius 2 is 2.10 bits per heavy atom. The molecule has 5 nitrogen and oxygen atoms in total. The molecule has 0 saturated heterocycles. The summed E-state index contributed by atoms with van der Waals surface area (Å²) in [6.45, 7) is 8.05. The van der Waals surface area contributed by atoms with Crippen LogP contribution in [-0.4, -0.2) is 47.0 Å². The van der Waals surface area contributed by atoms with Gasteiger partial charge in [-0.15, -0.1) is 0 Å². The number of amides is 1. The number of nitrogens with zero attached hydrogens (tertiary/aromatic N) is 3. The molecule has 0 aromatic carbocycles. The summed E-state index contributed by atoms with van der Waals surface area (Å²) in [6.07, 6.45) is 5.94. The topological polar surface area (TPSA) is 58.1 Å². The van der Waals surface area contributed by atoms with Gasteiger partial charge in [-0.3, -0.25) is 14.8 Å². The zero-order chi connectivity index (χ0) is 15.1. The predicted molar refractivity (Wildman–Crippen MR) is 84.3 cm³/mol. The smallest absolute Gasteiger partial charge is 0.255 e. The van der Waals surface area contributed by atoms with Crippen molar-refractivity contribution in [1.82, 2.24) is 20.2 Å². The van der Waals surface area contributed by atoms with E-state index in [0.29, 0.717) is 17.6 Å². The van der Waals surface area contributed by atoms with Crippen LogP contribution < -0.4 is 5.32 Å². The molecule has 0 bridgehead atoms. The van der Waals surface area contributed by atoms with Gasteiger partial charge in [-0.25, -0.2) is 0 Å². The highest BCUT2D eigenvalue weighted by atomic mass is 16.1. The first kappa shape index (κ1) is 15.4. The minimum atomic E-state index is -0.105. The molecule has 112 valence electrons. The van der Waals surface area contributed by atoms with Crippen LogP contribution in [0.4, 0.5) is 0 Å². The van der Waals surface area contributed by atoms with Gasteiger partial charge in [-0.2, -0.15) is 0 Å². The van der Waals surface area contributed by atoms with Crippen LogP contribution in [0.2, 0.25) is 0 Å². The normalized spacial score (nSPS) is 11.0. The van der Waals surface area contributed by atoms with Crippen molar-refractivity contribution in [1.29, 1.82) is 0 Å². The van der Waals surface area contributed by atoms with E-state index in [4.69, 9.17) is 0 Å². The maximum Gasteiger partial charge on any atom is 0.255 e. The second-order valence-electron chi connectivity index (χ2n) is 4.90. The maximum atomic E-state index is 12.2. The van der Waals surface area contributed by atoms with Gasteiger partial charge in [0.15, 0.2) is 0 Å². The molecule has 2 rings (SSSR count). The number of hydrogen-bond acceptors (Lipinski definition) is 4. The van der Waals surface area contributed by atoms with E-state index < -0.39 is 0 Å². The van der Waals surface area contributed by atoms with Crippen LogP contribution in [0, 0.1) is 0 Å². The lowest BCUT2D eigenvalue weighted by Crippen LogP contribution is -2.30. The number of hydrogen-bond donors (Lipinski definition) is 1. The third kappa shape index (κ3) is 3.98. The molecule has 0 saturated carbocycles. The molecule has 1 N–H and O–H groups in total. The maximum absolute atomic E-state index is 12.2. The number of carbonyl (C=O) groups is 1. The van der Waals surface area contributed by atoms with Crippen molar-refractivity contribution in [2.24, 2.45) is 0 Å². The Bertz CT molecular complexity index is 590. The first-order chi connectivity index (χ1) is 10.3. The average Bonchev–Trinajstić information content (AvgIpc) is 2.54. The molecule has 5 heteroatoms. The highest BCUT2D eigenvalue weighted by Crippen LogP contribution is 2.13. The largest absolute Gasteiger partial charge is 0.352 e. The van der Waals surface area contributed by atoms with E-state index in [9.17, 15) is 4.79 Å². The van der Waals surface area contributed by atoms with Crippen LogP contribution in [0.25, 0.3) is 10.9 Å². The summed E-state index contributed by atoms with van der Waals surface area (Å²) >= 11 is 0. The summed E-state index contributed by atoms with van der Waals surface area (Å²) in [7, 11) is 0. The van der Waals surface area contributed by atoms with Crippen molar-refractivity contribution >= 4 is 16.8 Å². The Morgan fingerprint density at radius 1 is 1.29 bits per heavy atom. The molecule has 21 heavy (non-hydrogen) atoms. The fraction of sp³-hybridized carbons (Fsp3) is 0.438. The van der Waals surface area contributed by atoms with Gasteiger partial charge in [0.2, 0.25) is 0 Å². The summed E-state index contributed by atoms with van der Waals surface area (Å²) in [5.74, 6) is -0.105. The lowest BCUT2D eigenvalue weighted by molar-refractivity contribution is 0.0953. The van der Waals surface area contributed by atoms with Crippen molar-refractivity contribution in [2.75, 3.05) is 26.2 Å². The van der Waals surface area contributed by atoms with E-state index in [1.54, 1.807) is 18.6 Å². The van der Waals surface area contributed by atoms with Crippen molar-refractivity contribution in [3.8, 4) is 0 Å². The molecule has 0 spiro atoms. The number of nitrogens with one attached hydrogen (secondary N) is 1. The molecular weight excluding hydrogens is 264 g/mol. The molecule has 0 atom stereocenters. The molecular formula is C16H22N4O. The molecule has 0 unspecified atom stereocenters. The van der Waals surface area contributed by atoms with Crippen molar-refractivity contribution in [3.63, 3.8) is 0 Å². The number of pyridine rings is 2. The fourth-order valence-corrected chi connectivity index (χ4v) is 2.31. The van der Waals surface area contributed by atoms with E-state index in [1.807, 2.05) is 12.1 Å². The van der Waals surface area contributed by atoms with Gasteiger partial charge in [0.1, 0.15) is 0 Å². The Morgan fingerprint density at radius 3 is 2.86 bits per heavy atom. The summed E-state index contributed by atoms with van der Waals surface area (Å²) in [4.78, 5) is 23.0. The third-order valence-electron chi connectivity index (χ3n) is 3.59. The molecule has 2 aromatic rings. The van der Waals surface area contributed by atoms with Crippen LogP contribution >= 0.6 is 0 Å². The Labute approximate surface area is 125 Å². The van der Waals surface area contributed by atoms with Gasteiger partial charge >= 0.3 is 0 Å². The summed E-state index contributed by atoms with van der Waals surface area (Å²) in [5, 5.41) is 3.83. The highest BCUT2D eigenvalue weighted by Gasteiger charge is 2.10. The van der Waals surface area contributed by atoms with E-state index in [-0.39, 0.29) is 5.91 Å². The Balaban J connectivity index is 1.94. The van der Waals surface area contributed by atoms with E-state index in [2.05, 4.69) is 34.0 Å². The summed E-state index contributed by atoms with van der Waals surface area (Å²) in [6, 6.07) is 3.75. The summed E-state index contributed by atoms with van der Waals surface area (Å²) in [5.41, 5.74) is 1.24. The number of rotatable bonds is 7. The minimum Gasteiger partial charge on any atom is -0.352 e. The van der Waals surface area contributed by atoms with Crippen molar-refractivity contribution in [3.05, 3.63) is 36.3 Å². The third-order valence-corrected chi connectivity index (χ3v) is 3.59. The van der Waals surface area contributed by atoms with E-state index in [0.717, 1.165) is 31.4 Å². The quantitative estimate of drug-likeness (QED) is 0.792. The Kier molecular flexibility index (Phi) is 5.63. The fourth-order valence-electron chi connectivity index (χ4n) is 2.31. The second-order valence-corrected chi connectivity index (χ2v) is 4.90. The molecule has 2 heterocycles. The zero-order valence-electron chi connectivity index (χ0n) is 12.7. The van der Waals surface area contributed by atoms with Gasteiger partial charge in [0, 0.05) is 30.5 Å². The van der Waals surface area contributed by atoms with Crippen LogP contribution in [0.5, 0.6) is 0 Å². The number of fused-ring (bicyclic) bond motifs is 1. The van der Waals surface area contributed by atoms with Gasteiger partial charge < -0.3 is 10.2 Å². The van der Waals surface area contributed by atoms with Crippen LogP contribution in [0.15, 0.2) is 30.7 Å². The number of carbonyl (C=O) groups excluding carboxylic acids is 1. The molecule has 0 aliphatic carbocycles. The van der Waals surface area contributed by atoms with Gasteiger partial charge in [0.05, 0.1) is 11.1 Å². The predicted octanol–water partition coefficient (Wildman–Crippen LogP) is 2.09. The molecule has 0 aliphatic heterocycles. The first-order valence-corrected chi connectivity index (χ1v) is 7.45. The van der Waals surface area contributed by atoms with Crippen LogP contribution in [0.3, 0.4) is 0 Å². The second kappa shape index (κ2) is 7.69. The van der Waals surface area contributed by atoms with Crippen molar-refractivity contribution in [2.45, 2.75) is 20.3 Å². The summed E-state index contributed by atoms with van der Waals surface area (Å²) < 4.78 is 0. The van der Waals surface area contributed by atoms with Crippen LogP contribution in [0.1, 0.15) is 30.6 Å². The Hall–Kier alpha value is -2.01. The van der Waals surface area contributed by atoms with E-state index in [1.165, 1.54) is 0 Å². The standard InChI is InChI=1S/C16H22N4O/c1-3-20(4-2)10-6-9-19-16(21)14-12-17-11-13-7-5-8-18-15(13)14/h5,7-8,11-12H,3-4,6,9-10H2,1-2H3,(H,19,21).